The molecule has 3 saturated heterocycles. The van der Waals surface area contributed by atoms with Crippen molar-refractivity contribution in [2.75, 3.05) is 52.9 Å². The minimum Gasteiger partial charge on any atom is -0.472 e. The summed E-state index contributed by atoms with van der Waals surface area (Å²) >= 11 is 0. The number of furan rings is 1. The van der Waals surface area contributed by atoms with Crippen LogP contribution in [0.3, 0.4) is 0 Å². The summed E-state index contributed by atoms with van der Waals surface area (Å²) < 4.78 is 34.6. The van der Waals surface area contributed by atoms with Crippen LogP contribution in [0, 0.1) is 23.5 Å². The summed E-state index contributed by atoms with van der Waals surface area (Å²) in [5.41, 5.74) is 0.481. The van der Waals surface area contributed by atoms with Gasteiger partial charge in [-0.3, -0.25) is 19.3 Å². The van der Waals surface area contributed by atoms with E-state index in [0.717, 1.165) is 44.8 Å². The molecule has 4 aliphatic rings. The molecular weight excluding hydrogens is 616 g/mol. The summed E-state index contributed by atoms with van der Waals surface area (Å²) in [5.74, 6) is -2.35. The van der Waals surface area contributed by atoms with Crippen LogP contribution in [0.4, 0.5) is 8.78 Å². The maximum absolute atomic E-state index is 15.3. The number of likely N-dealkylation sites (tertiary alicyclic amines) is 2. The zero-order valence-electron chi connectivity index (χ0n) is 29.0. The number of carbonyl (C=O) groups excluding carboxylic acids is 3. The smallest absolute Gasteiger partial charge is 0.257 e. The van der Waals surface area contributed by atoms with Crippen LogP contribution in [0.5, 0.6) is 0 Å². The van der Waals surface area contributed by atoms with Crippen LogP contribution < -0.4 is 0 Å². The molecule has 0 spiro atoms. The fourth-order valence-electron chi connectivity index (χ4n) is 8.35. The minimum absolute atomic E-state index is 0.00744. The minimum atomic E-state index is -0.740. The highest BCUT2D eigenvalue weighted by molar-refractivity contribution is 5.95. The average molecular weight is 668 g/mol. The summed E-state index contributed by atoms with van der Waals surface area (Å²) in [6.07, 6.45) is 7.05. The summed E-state index contributed by atoms with van der Waals surface area (Å²) in [6.45, 7) is 12.1. The van der Waals surface area contributed by atoms with Gasteiger partial charge in [0.15, 0.2) is 0 Å². The molecule has 4 fully saturated rings. The molecule has 0 N–H and O–H groups in total. The zero-order chi connectivity index (χ0) is 34.3. The number of hydrogen-bond donors (Lipinski definition) is 0. The lowest BCUT2D eigenvalue weighted by molar-refractivity contribution is -0.147. The fourth-order valence-corrected chi connectivity index (χ4v) is 8.35. The van der Waals surface area contributed by atoms with Crippen molar-refractivity contribution in [3.8, 4) is 0 Å². The highest BCUT2D eigenvalue weighted by Crippen LogP contribution is 2.41. The standard InChI is InChI=1S/C37H51F2N5O4/c1-24-6-9-27(10-7-24)44(34(45)25-12-17-48-23-25)28-19-33(36(47)41-15-13-40(5)14-16-41)43(20-28)35(46)31-22-42(37(2,3)4)21-30(31)29-11-8-26(38)18-32(29)39/h8,11-12,17-18,23-24,27-28,30-31,33H,6-7,9-10,13-16,19-22H2,1-5H3/t24-,27+,28-,30-,31+,33-/m0/s1. The summed E-state index contributed by atoms with van der Waals surface area (Å²) in [5, 5.41) is 0. The Morgan fingerprint density at radius 3 is 2.23 bits per heavy atom. The van der Waals surface area contributed by atoms with Crippen molar-refractivity contribution in [1.82, 2.24) is 24.5 Å². The van der Waals surface area contributed by atoms with E-state index in [9.17, 15) is 18.8 Å². The first kappa shape index (κ1) is 34.5. The van der Waals surface area contributed by atoms with Crippen molar-refractivity contribution in [1.29, 1.82) is 0 Å². The van der Waals surface area contributed by atoms with Gasteiger partial charge in [0.25, 0.3) is 5.91 Å². The van der Waals surface area contributed by atoms with E-state index >= 15 is 4.39 Å². The van der Waals surface area contributed by atoms with Gasteiger partial charge >= 0.3 is 0 Å². The molecule has 2 aromatic rings. The molecular formula is C37H51F2N5O4. The first-order valence-corrected chi connectivity index (χ1v) is 17.6. The van der Waals surface area contributed by atoms with Gasteiger partial charge in [-0.25, -0.2) is 8.78 Å². The lowest BCUT2D eigenvalue weighted by Gasteiger charge is -2.40. The molecule has 0 unspecified atom stereocenters. The number of halogens is 2. The first-order valence-electron chi connectivity index (χ1n) is 17.6. The lowest BCUT2D eigenvalue weighted by atomic mass is 9.85. The monoisotopic (exact) mass is 667 g/mol. The van der Waals surface area contributed by atoms with Crippen LogP contribution in [0.15, 0.2) is 41.2 Å². The van der Waals surface area contributed by atoms with E-state index in [2.05, 4.69) is 37.5 Å². The maximum Gasteiger partial charge on any atom is 0.257 e. The van der Waals surface area contributed by atoms with E-state index in [1.54, 1.807) is 11.0 Å². The Balaban J connectivity index is 1.35. The van der Waals surface area contributed by atoms with Crippen LogP contribution in [0.25, 0.3) is 0 Å². The Labute approximate surface area is 283 Å². The number of amides is 3. The highest BCUT2D eigenvalue weighted by Gasteiger charge is 2.51. The molecule has 3 amide bonds. The van der Waals surface area contributed by atoms with Gasteiger partial charge < -0.3 is 24.0 Å². The molecule has 9 nitrogen and oxygen atoms in total. The number of nitrogens with zero attached hydrogens (tertiary/aromatic N) is 5. The number of rotatable bonds is 6. The molecule has 1 aromatic heterocycles. The van der Waals surface area contributed by atoms with Gasteiger partial charge in [0.2, 0.25) is 11.8 Å². The van der Waals surface area contributed by atoms with Gasteiger partial charge in [0.05, 0.1) is 23.8 Å². The van der Waals surface area contributed by atoms with Crippen LogP contribution in [0.1, 0.15) is 81.6 Å². The topological polar surface area (TPSA) is 80.5 Å². The van der Waals surface area contributed by atoms with Crippen molar-refractivity contribution < 1.29 is 27.6 Å². The van der Waals surface area contributed by atoms with Gasteiger partial charge in [-0.15, -0.1) is 0 Å². The van der Waals surface area contributed by atoms with Crippen LogP contribution in [0.2, 0.25) is 0 Å². The normalized spacial score (nSPS) is 29.0. The van der Waals surface area contributed by atoms with Crippen molar-refractivity contribution in [3.05, 3.63) is 59.6 Å². The number of piperazine rings is 1. The quantitative estimate of drug-likeness (QED) is 0.439. The molecule has 48 heavy (non-hydrogen) atoms. The second kappa shape index (κ2) is 13.9. The SMILES string of the molecule is CN1CCN(C(=O)[C@@H]2C[C@H](N(C(=O)c3ccoc3)[C@H]3CC[C@@H](C)CC3)CN2C(=O)[C@@H]2CN(C(C)(C)C)C[C@H]2c2ccc(F)cc2F)CC1. The number of carbonyl (C=O) groups is 3. The largest absolute Gasteiger partial charge is 0.472 e. The van der Waals surface area contributed by atoms with Gasteiger partial charge in [-0.2, -0.15) is 0 Å². The molecule has 262 valence electrons. The number of hydrogen-bond acceptors (Lipinski definition) is 6. The Hall–Kier alpha value is -3.31. The molecule has 6 rings (SSSR count). The lowest BCUT2D eigenvalue weighted by Crippen LogP contribution is -2.54. The van der Waals surface area contributed by atoms with Crippen molar-refractivity contribution in [2.24, 2.45) is 11.8 Å². The molecule has 3 aliphatic heterocycles. The summed E-state index contributed by atoms with van der Waals surface area (Å²) in [6, 6.07) is 4.14. The molecule has 1 aromatic carbocycles. The Kier molecular flexibility index (Phi) is 10.0. The van der Waals surface area contributed by atoms with Crippen molar-refractivity contribution in [3.63, 3.8) is 0 Å². The molecule has 4 atom stereocenters. The predicted molar refractivity (Wildman–Crippen MR) is 178 cm³/mol. The van der Waals surface area contributed by atoms with E-state index < -0.39 is 29.5 Å². The predicted octanol–water partition coefficient (Wildman–Crippen LogP) is 4.84. The Morgan fingerprint density at radius 2 is 1.60 bits per heavy atom. The van der Waals surface area contributed by atoms with E-state index in [4.69, 9.17) is 4.42 Å². The summed E-state index contributed by atoms with van der Waals surface area (Å²) in [4.78, 5) is 53.3. The third kappa shape index (κ3) is 7.04. The van der Waals surface area contributed by atoms with Crippen molar-refractivity contribution in [2.45, 2.75) is 89.4 Å². The van der Waals surface area contributed by atoms with Crippen LogP contribution >= 0.6 is 0 Å². The molecule has 4 heterocycles. The van der Waals surface area contributed by atoms with E-state index in [-0.39, 0.29) is 41.9 Å². The van der Waals surface area contributed by atoms with Crippen LogP contribution in [-0.2, 0) is 9.59 Å². The second-order valence-corrected chi connectivity index (χ2v) is 15.6. The van der Waals surface area contributed by atoms with Gasteiger partial charge in [0.1, 0.15) is 23.9 Å². The average Bonchev–Trinajstić information content (AvgIpc) is 3.82. The third-order valence-corrected chi connectivity index (χ3v) is 11.4. The van der Waals surface area contributed by atoms with E-state index in [1.165, 1.54) is 24.7 Å². The molecule has 0 radical (unpaired) electrons. The zero-order valence-corrected chi connectivity index (χ0v) is 29.0. The van der Waals surface area contributed by atoms with Gasteiger partial charge in [0, 0.05) is 69.4 Å². The molecule has 1 aliphatic carbocycles. The van der Waals surface area contributed by atoms with Gasteiger partial charge in [-0.05, 0) is 83.5 Å². The Morgan fingerprint density at radius 1 is 0.896 bits per heavy atom. The van der Waals surface area contributed by atoms with E-state index in [1.807, 2.05) is 16.8 Å². The van der Waals surface area contributed by atoms with Crippen LogP contribution in [-0.4, -0.2) is 119 Å². The second-order valence-electron chi connectivity index (χ2n) is 15.6. The number of likely N-dealkylation sites (N-methyl/N-ethyl adjacent to an activating group) is 1. The van der Waals surface area contributed by atoms with Crippen molar-refractivity contribution >= 4 is 17.7 Å². The first-order chi connectivity index (χ1) is 22.8. The molecule has 0 bridgehead atoms. The van der Waals surface area contributed by atoms with E-state index in [0.29, 0.717) is 49.6 Å². The van der Waals surface area contributed by atoms with Gasteiger partial charge in [-0.1, -0.05) is 13.0 Å². The summed E-state index contributed by atoms with van der Waals surface area (Å²) in [7, 11) is 2.03. The Bertz CT molecular complexity index is 1460. The maximum atomic E-state index is 15.3. The fraction of sp³-hybridized carbons (Fsp3) is 0.649. The molecule has 11 heteroatoms. The molecule has 1 saturated carbocycles. The third-order valence-electron chi connectivity index (χ3n) is 11.4. The number of benzene rings is 1. The highest BCUT2D eigenvalue weighted by atomic mass is 19.1.